The van der Waals surface area contributed by atoms with Gasteiger partial charge >= 0.3 is 5.97 Å². The van der Waals surface area contributed by atoms with Crippen LogP contribution in [-0.2, 0) is 11.3 Å². The van der Waals surface area contributed by atoms with Crippen LogP contribution in [0.3, 0.4) is 0 Å². The quantitative estimate of drug-likeness (QED) is 0.545. The highest BCUT2D eigenvalue weighted by atomic mass is 16.5. The molecule has 0 fully saturated rings. The van der Waals surface area contributed by atoms with Crippen LogP contribution in [0, 0.1) is 0 Å². The van der Waals surface area contributed by atoms with E-state index in [1.807, 2.05) is 0 Å². The molecule has 5 nitrogen and oxygen atoms in total. The fraction of sp³-hybridized carbons (Fsp3) is 0.636. The molecule has 0 spiro atoms. The van der Waals surface area contributed by atoms with E-state index in [2.05, 4.69) is 22.4 Å². The Balaban J connectivity index is 2.47. The topological polar surface area (TPSA) is 67.0 Å². The minimum atomic E-state index is -0.340. The average Bonchev–Trinajstić information content (AvgIpc) is 2.73. The number of unbranched alkanes of at least 4 members (excludes halogenated alkanes) is 1. The molecule has 0 atom stereocenters. The molecule has 2 N–H and O–H groups in total. The van der Waals surface area contributed by atoms with Crippen molar-refractivity contribution in [3.63, 3.8) is 0 Å². The van der Waals surface area contributed by atoms with E-state index in [4.69, 9.17) is 4.74 Å². The van der Waals surface area contributed by atoms with Crippen molar-refractivity contribution in [2.75, 3.05) is 13.2 Å². The van der Waals surface area contributed by atoms with Crippen molar-refractivity contribution in [2.24, 2.45) is 0 Å². The number of aromatic amines is 1. The molecule has 0 aliphatic rings. The highest BCUT2D eigenvalue weighted by Crippen LogP contribution is 2.06. The number of H-pyrrole nitrogens is 1. The number of hydrogen-bond acceptors (Lipinski definition) is 4. The van der Waals surface area contributed by atoms with Gasteiger partial charge in [-0.15, -0.1) is 0 Å². The zero-order chi connectivity index (χ0) is 11.8. The molecule has 0 unspecified atom stereocenters. The fourth-order valence-corrected chi connectivity index (χ4v) is 1.35. The third-order valence-electron chi connectivity index (χ3n) is 2.22. The second kappa shape index (κ2) is 7.00. The van der Waals surface area contributed by atoms with Crippen LogP contribution >= 0.6 is 0 Å². The SMILES string of the molecule is CCCCNCc1cn[nH]c1C(=O)OCC. The molecule has 0 radical (unpaired) electrons. The van der Waals surface area contributed by atoms with E-state index in [1.165, 1.54) is 0 Å². The number of esters is 1. The third kappa shape index (κ3) is 3.66. The van der Waals surface area contributed by atoms with Gasteiger partial charge in [0, 0.05) is 12.1 Å². The summed E-state index contributed by atoms with van der Waals surface area (Å²) in [5.41, 5.74) is 1.31. The Labute approximate surface area is 95.6 Å². The van der Waals surface area contributed by atoms with Gasteiger partial charge in [0.15, 0.2) is 0 Å². The van der Waals surface area contributed by atoms with Gasteiger partial charge in [-0.1, -0.05) is 13.3 Å². The molecule has 0 saturated heterocycles. The van der Waals surface area contributed by atoms with Crippen LogP contribution in [0.25, 0.3) is 0 Å². The summed E-state index contributed by atoms with van der Waals surface area (Å²) >= 11 is 0. The van der Waals surface area contributed by atoms with Gasteiger partial charge in [0.25, 0.3) is 0 Å². The molecule has 0 aliphatic heterocycles. The first kappa shape index (κ1) is 12.7. The van der Waals surface area contributed by atoms with Gasteiger partial charge in [-0.05, 0) is 19.9 Å². The number of carbonyl (C=O) groups is 1. The summed E-state index contributed by atoms with van der Waals surface area (Å²) in [5, 5.41) is 9.78. The molecule has 0 amide bonds. The van der Waals surface area contributed by atoms with Crippen LogP contribution in [0.5, 0.6) is 0 Å². The molecule has 90 valence electrons. The third-order valence-corrected chi connectivity index (χ3v) is 2.22. The van der Waals surface area contributed by atoms with Crippen molar-refractivity contribution in [1.29, 1.82) is 0 Å². The van der Waals surface area contributed by atoms with Crippen molar-refractivity contribution in [2.45, 2.75) is 33.2 Å². The summed E-state index contributed by atoms with van der Waals surface area (Å²) in [6, 6.07) is 0. The first-order chi connectivity index (χ1) is 7.79. The lowest BCUT2D eigenvalue weighted by Crippen LogP contribution is -2.17. The number of nitrogens with one attached hydrogen (secondary N) is 2. The Kier molecular flexibility index (Phi) is 5.56. The van der Waals surface area contributed by atoms with E-state index < -0.39 is 0 Å². The van der Waals surface area contributed by atoms with E-state index in [1.54, 1.807) is 13.1 Å². The first-order valence-corrected chi connectivity index (χ1v) is 5.69. The van der Waals surface area contributed by atoms with Crippen molar-refractivity contribution in [1.82, 2.24) is 15.5 Å². The molecule has 16 heavy (non-hydrogen) atoms. The summed E-state index contributed by atoms with van der Waals surface area (Å²) in [4.78, 5) is 11.5. The molecular formula is C11H19N3O2. The highest BCUT2D eigenvalue weighted by Gasteiger charge is 2.13. The molecule has 0 saturated carbocycles. The van der Waals surface area contributed by atoms with Gasteiger partial charge in [-0.25, -0.2) is 4.79 Å². The summed E-state index contributed by atoms with van der Waals surface area (Å²) in [5.74, 6) is -0.340. The van der Waals surface area contributed by atoms with E-state index in [0.29, 0.717) is 18.8 Å². The van der Waals surface area contributed by atoms with Crippen molar-refractivity contribution >= 4 is 5.97 Å². The second-order valence-electron chi connectivity index (χ2n) is 3.52. The van der Waals surface area contributed by atoms with E-state index in [0.717, 1.165) is 24.9 Å². The standard InChI is InChI=1S/C11H19N3O2/c1-3-5-6-12-7-9-8-13-14-10(9)11(15)16-4-2/h8,12H,3-7H2,1-2H3,(H,13,14). The number of rotatable bonds is 7. The predicted molar refractivity (Wildman–Crippen MR) is 61.2 cm³/mol. The number of ether oxygens (including phenoxy) is 1. The van der Waals surface area contributed by atoms with Gasteiger partial charge in [0.05, 0.1) is 12.8 Å². The Hall–Kier alpha value is -1.36. The second-order valence-corrected chi connectivity index (χ2v) is 3.52. The Morgan fingerprint density at radius 3 is 3.06 bits per heavy atom. The van der Waals surface area contributed by atoms with Crippen LogP contribution < -0.4 is 5.32 Å². The zero-order valence-electron chi connectivity index (χ0n) is 9.88. The van der Waals surface area contributed by atoms with Crippen LogP contribution in [0.1, 0.15) is 42.7 Å². The van der Waals surface area contributed by atoms with Crippen LogP contribution in [0.2, 0.25) is 0 Å². The number of hydrogen-bond donors (Lipinski definition) is 2. The first-order valence-electron chi connectivity index (χ1n) is 5.69. The molecule has 1 rings (SSSR count). The molecule has 1 aromatic rings. The maximum atomic E-state index is 11.5. The van der Waals surface area contributed by atoms with Gasteiger partial charge in [-0.2, -0.15) is 5.10 Å². The summed E-state index contributed by atoms with van der Waals surface area (Å²) in [6.07, 6.45) is 3.95. The highest BCUT2D eigenvalue weighted by molar-refractivity contribution is 5.88. The van der Waals surface area contributed by atoms with Crippen LogP contribution in [-0.4, -0.2) is 29.3 Å². The lowest BCUT2D eigenvalue weighted by Gasteiger charge is -2.04. The van der Waals surface area contributed by atoms with Gasteiger partial charge in [0.2, 0.25) is 0 Å². The molecule has 1 aromatic heterocycles. The predicted octanol–water partition coefficient (Wildman–Crippen LogP) is 1.48. The Bertz CT molecular complexity index is 323. The lowest BCUT2D eigenvalue weighted by atomic mass is 10.2. The lowest BCUT2D eigenvalue weighted by molar-refractivity contribution is 0.0518. The van der Waals surface area contributed by atoms with Gasteiger partial charge < -0.3 is 10.1 Å². The molecular weight excluding hydrogens is 206 g/mol. The summed E-state index contributed by atoms with van der Waals surface area (Å²) in [7, 11) is 0. The normalized spacial score (nSPS) is 10.4. The molecule has 0 aliphatic carbocycles. The van der Waals surface area contributed by atoms with Crippen LogP contribution in [0.4, 0.5) is 0 Å². The number of nitrogens with zero attached hydrogens (tertiary/aromatic N) is 1. The summed E-state index contributed by atoms with van der Waals surface area (Å²) < 4.78 is 4.92. The molecule has 5 heteroatoms. The maximum absolute atomic E-state index is 11.5. The van der Waals surface area contributed by atoms with E-state index in [9.17, 15) is 4.79 Å². The molecule has 0 bridgehead atoms. The maximum Gasteiger partial charge on any atom is 0.356 e. The largest absolute Gasteiger partial charge is 0.461 e. The summed E-state index contributed by atoms with van der Waals surface area (Å²) in [6.45, 7) is 5.90. The Morgan fingerprint density at radius 1 is 1.56 bits per heavy atom. The van der Waals surface area contributed by atoms with Crippen molar-refractivity contribution < 1.29 is 9.53 Å². The van der Waals surface area contributed by atoms with Crippen LogP contribution in [0.15, 0.2) is 6.20 Å². The van der Waals surface area contributed by atoms with Gasteiger partial charge in [-0.3, -0.25) is 5.10 Å². The Morgan fingerprint density at radius 2 is 2.38 bits per heavy atom. The minimum Gasteiger partial charge on any atom is -0.461 e. The average molecular weight is 225 g/mol. The molecule has 1 heterocycles. The van der Waals surface area contributed by atoms with E-state index >= 15 is 0 Å². The fourth-order valence-electron chi connectivity index (χ4n) is 1.35. The van der Waals surface area contributed by atoms with E-state index in [-0.39, 0.29) is 5.97 Å². The van der Waals surface area contributed by atoms with Gasteiger partial charge in [0.1, 0.15) is 5.69 Å². The minimum absolute atomic E-state index is 0.340. The van der Waals surface area contributed by atoms with Crippen molar-refractivity contribution in [3.05, 3.63) is 17.5 Å². The molecule has 0 aromatic carbocycles. The smallest absolute Gasteiger partial charge is 0.356 e. The number of aromatic nitrogens is 2. The number of carbonyl (C=O) groups excluding carboxylic acids is 1. The zero-order valence-corrected chi connectivity index (χ0v) is 9.88. The monoisotopic (exact) mass is 225 g/mol. The van der Waals surface area contributed by atoms with Crippen molar-refractivity contribution in [3.8, 4) is 0 Å².